The molecule has 19 heavy (non-hydrogen) atoms. The van der Waals surface area contributed by atoms with Crippen LogP contribution in [0.25, 0.3) is 10.9 Å². The second kappa shape index (κ2) is 4.72. The van der Waals surface area contributed by atoms with E-state index in [-0.39, 0.29) is 0 Å². The topological polar surface area (TPSA) is 42.7 Å². The first kappa shape index (κ1) is 11.7. The molecule has 0 atom stereocenters. The van der Waals surface area contributed by atoms with Gasteiger partial charge in [0, 0.05) is 17.6 Å². The number of fused-ring (bicyclic) bond motifs is 1. The van der Waals surface area contributed by atoms with Gasteiger partial charge in [0.15, 0.2) is 0 Å². The van der Waals surface area contributed by atoms with E-state index in [9.17, 15) is 0 Å². The third-order valence-corrected chi connectivity index (χ3v) is 3.00. The van der Waals surface area contributed by atoms with Crippen LogP contribution in [0.15, 0.2) is 48.8 Å². The Balaban J connectivity index is 1.87. The molecule has 3 aromatic rings. The number of hydrogen-bond donors (Lipinski definition) is 1. The minimum atomic E-state index is 0.361. The zero-order valence-electron chi connectivity index (χ0n) is 11.0. The van der Waals surface area contributed by atoms with E-state index in [0.717, 1.165) is 22.4 Å². The van der Waals surface area contributed by atoms with Crippen LogP contribution in [0, 0.1) is 0 Å². The van der Waals surface area contributed by atoms with E-state index in [1.54, 1.807) is 0 Å². The Kier molecular flexibility index (Phi) is 2.91. The molecule has 2 aromatic heterocycles. The molecule has 0 saturated carbocycles. The molecule has 0 unspecified atom stereocenters. The molecular formula is C15H16N4. The van der Waals surface area contributed by atoms with Crippen LogP contribution in [0.3, 0.4) is 0 Å². The minimum Gasteiger partial charge on any atom is -0.338 e. The van der Waals surface area contributed by atoms with Crippen molar-refractivity contribution in [3.63, 3.8) is 0 Å². The summed E-state index contributed by atoms with van der Waals surface area (Å²) in [4.78, 5) is 4.58. The molecule has 96 valence electrons. The van der Waals surface area contributed by atoms with Crippen LogP contribution < -0.4 is 5.32 Å². The second-order valence-electron chi connectivity index (χ2n) is 4.82. The monoisotopic (exact) mass is 252 g/mol. The molecule has 0 fully saturated rings. The molecular weight excluding hydrogens is 236 g/mol. The molecule has 0 radical (unpaired) electrons. The summed E-state index contributed by atoms with van der Waals surface area (Å²) in [5.74, 6) is 0.835. The van der Waals surface area contributed by atoms with E-state index in [1.807, 2.05) is 41.3 Å². The molecule has 0 bridgehead atoms. The summed E-state index contributed by atoms with van der Waals surface area (Å²) in [7, 11) is 0. The molecule has 1 N–H and O–H groups in total. The average molecular weight is 252 g/mol. The SMILES string of the molecule is CC(C)n1cc(Nc2ccc3ccccc3n2)cn1. The van der Waals surface area contributed by atoms with Crippen molar-refractivity contribution in [1.82, 2.24) is 14.8 Å². The van der Waals surface area contributed by atoms with E-state index < -0.39 is 0 Å². The summed E-state index contributed by atoms with van der Waals surface area (Å²) in [5.41, 5.74) is 1.94. The fourth-order valence-corrected chi connectivity index (χ4v) is 1.97. The van der Waals surface area contributed by atoms with Crippen LogP contribution in [-0.4, -0.2) is 14.8 Å². The second-order valence-corrected chi connectivity index (χ2v) is 4.82. The Labute approximate surface area is 112 Å². The number of anilines is 2. The highest BCUT2D eigenvalue weighted by atomic mass is 15.3. The van der Waals surface area contributed by atoms with Crippen LogP contribution in [0.4, 0.5) is 11.5 Å². The van der Waals surface area contributed by atoms with Crippen LogP contribution in [0.2, 0.25) is 0 Å². The maximum Gasteiger partial charge on any atom is 0.131 e. The van der Waals surface area contributed by atoms with E-state index >= 15 is 0 Å². The molecule has 0 saturated heterocycles. The summed E-state index contributed by atoms with van der Waals surface area (Å²) in [6.45, 7) is 4.20. The standard InChI is InChI=1S/C15H16N4/c1-11(2)19-10-13(9-16-19)17-15-8-7-12-5-3-4-6-14(12)18-15/h3-11H,1-2H3,(H,17,18). The van der Waals surface area contributed by atoms with Crippen LogP contribution >= 0.6 is 0 Å². The molecule has 4 nitrogen and oxygen atoms in total. The number of para-hydroxylation sites is 1. The van der Waals surface area contributed by atoms with Crippen molar-refractivity contribution in [3.05, 3.63) is 48.8 Å². The Bertz CT molecular complexity index is 700. The molecule has 4 heteroatoms. The molecule has 0 aliphatic carbocycles. The molecule has 2 heterocycles. The summed E-state index contributed by atoms with van der Waals surface area (Å²) in [5, 5.41) is 8.72. The third kappa shape index (κ3) is 2.42. The highest BCUT2D eigenvalue weighted by molar-refractivity contribution is 5.80. The van der Waals surface area contributed by atoms with Gasteiger partial charge in [-0.05, 0) is 32.0 Å². The van der Waals surface area contributed by atoms with Crippen molar-refractivity contribution in [2.24, 2.45) is 0 Å². The Morgan fingerprint density at radius 2 is 1.95 bits per heavy atom. The van der Waals surface area contributed by atoms with E-state index in [1.165, 1.54) is 0 Å². The van der Waals surface area contributed by atoms with Gasteiger partial charge in [0.2, 0.25) is 0 Å². The lowest BCUT2D eigenvalue weighted by Crippen LogP contribution is -2.00. The lowest BCUT2D eigenvalue weighted by Gasteiger charge is -2.05. The lowest BCUT2D eigenvalue weighted by atomic mass is 10.2. The van der Waals surface area contributed by atoms with Gasteiger partial charge in [-0.3, -0.25) is 4.68 Å². The van der Waals surface area contributed by atoms with Gasteiger partial charge < -0.3 is 5.32 Å². The van der Waals surface area contributed by atoms with Crippen molar-refractivity contribution in [2.75, 3.05) is 5.32 Å². The van der Waals surface area contributed by atoms with Gasteiger partial charge in [-0.25, -0.2) is 4.98 Å². The van der Waals surface area contributed by atoms with Gasteiger partial charge in [0.1, 0.15) is 5.82 Å². The predicted octanol–water partition coefficient (Wildman–Crippen LogP) is 3.76. The van der Waals surface area contributed by atoms with Crippen LogP contribution in [0.5, 0.6) is 0 Å². The van der Waals surface area contributed by atoms with Gasteiger partial charge in [0.05, 0.1) is 17.4 Å². The fourth-order valence-electron chi connectivity index (χ4n) is 1.97. The normalized spacial score (nSPS) is 11.1. The van der Waals surface area contributed by atoms with Crippen molar-refractivity contribution < 1.29 is 0 Å². The molecule has 0 aliphatic rings. The number of rotatable bonds is 3. The smallest absolute Gasteiger partial charge is 0.131 e. The average Bonchev–Trinajstić information content (AvgIpc) is 2.87. The summed E-state index contributed by atoms with van der Waals surface area (Å²) < 4.78 is 1.92. The van der Waals surface area contributed by atoms with Gasteiger partial charge in [-0.1, -0.05) is 18.2 Å². The fraction of sp³-hybridized carbons (Fsp3) is 0.200. The lowest BCUT2D eigenvalue weighted by molar-refractivity contribution is 0.532. The van der Waals surface area contributed by atoms with Gasteiger partial charge in [-0.2, -0.15) is 5.10 Å². The molecule has 0 spiro atoms. The largest absolute Gasteiger partial charge is 0.338 e. The number of hydrogen-bond acceptors (Lipinski definition) is 3. The molecule has 0 amide bonds. The molecule has 0 aliphatic heterocycles. The Morgan fingerprint density at radius 3 is 2.74 bits per heavy atom. The van der Waals surface area contributed by atoms with Crippen LogP contribution in [0.1, 0.15) is 19.9 Å². The number of aromatic nitrogens is 3. The first-order valence-corrected chi connectivity index (χ1v) is 6.39. The van der Waals surface area contributed by atoms with E-state index in [4.69, 9.17) is 0 Å². The first-order chi connectivity index (χ1) is 9.22. The maximum atomic E-state index is 4.58. The highest BCUT2D eigenvalue weighted by Gasteiger charge is 2.03. The van der Waals surface area contributed by atoms with Crippen molar-refractivity contribution >= 4 is 22.4 Å². The van der Waals surface area contributed by atoms with Crippen molar-refractivity contribution in [1.29, 1.82) is 0 Å². The maximum absolute atomic E-state index is 4.58. The number of nitrogens with one attached hydrogen (secondary N) is 1. The quantitative estimate of drug-likeness (QED) is 0.771. The minimum absolute atomic E-state index is 0.361. The Morgan fingerprint density at radius 1 is 1.11 bits per heavy atom. The zero-order valence-corrected chi connectivity index (χ0v) is 11.0. The molecule has 3 rings (SSSR count). The zero-order chi connectivity index (χ0) is 13.2. The highest BCUT2D eigenvalue weighted by Crippen LogP contribution is 2.19. The summed E-state index contributed by atoms with van der Waals surface area (Å²) in [6.07, 6.45) is 3.80. The van der Waals surface area contributed by atoms with Gasteiger partial charge in [-0.15, -0.1) is 0 Å². The number of nitrogens with zero attached hydrogens (tertiary/aromatic N) is 3. The van der Waals surface area contributed by atoms with Gasteiger partial charge >= 0.3 is 0 Å². The Hall–Kier alpha value is -2.36. The summed E-state index contributed by atoms with van der Waals surface area (Å²) >= 11 is 0. The van der Waals surface area contributed by atoms with E-state index in [0.29, 0.717) is 6.04 Å². The van der Waals surface area contributed by atoms with Crippen LogP contribution in [-0.2, 0) is 0 Å². The van der Waals surface area contributed by atoms with Gasteiger partial charge in [0.25, 0.3) is 0 Å². The predicted molar refractivity (Wildman–Crippen MR) is 77.6 cm³/mol. The van der Waals surface area contributed by atoms with Crippen molar-refractivity contribution in [2.45, 2.75) is 19.9 Å². The molecule has 1 aromatic carbocycles. The number of benzene rings is 1. The number of pyridine rings is 1. The third-order valence-electron chi connectivity index (χ3n) is 3.00. The van der Waals surface area contributed by atoms with Crippen molar-refractivity contribution in [3.8, 4) is 0 Å². The summed E-state index contributed by atoms with van der Waals surface area (Å²) in [6, 6.07) is 12.5. The first-order valence-electron chi connectivity index (χ1n) is 6.39. The van der Waals surface area contributed by atoms with E-state index in [2.05, 4.69) is 41.4 Å².